The summed E-state index contributed by atoms with van der Waals surface area (Å²) in [6.07, 6.45) is 2.29. The molecule has 0 radical (unpaired) electrons. The van der Waals surface area contributed by atoms with Crippen molar-refractivity contribution in [2.75, 3.05) is 26.7 Å². The Balaban J connectivity index is 2.20. The van der Waals surface area contributed by atoms with Crippen molar-refractivity contribution < 1.29 is 9.53 Å². The summed E-state index contributed by atoms with van der Waals surface area (Å²) >= 11 is 0. The van der Waals surface area contributed by atoms with E-state index in [1.54, 1.807) is 4.90 Å². The first-order valence-corrected chi connectivity index (χ1v) is 7.97. The highest BCUT2D eigenvalue weighted by molar-refractivity contribution is 5.75. The second-order valence-corrected chi connectivity index (χ2v) is 6.74. The lowest BCUT2D eigenvalue weighted by Crippen LogP contribution is -2.39. The Kier molecular flexibility index (Phi) is 7.39. The van der Waals surface area contributed by atoms with E-state index in [9.17, 15) is 4.79 Å². The highest BCUT2D eigenvalue weighted by Gasteiger charge is 2.20. The molecule has 0 heterocycles. The van der Waals surface area contributed by atoms with Crippen molar-refractivity contribution in [2.24, 2.45) is 11.1 Å². The van der Waals surface area contributed by atoms with Gasteiger partial charge < -0.3 is 15.4 Å². The number of rotatable bonds is 9. The Labute approximate surface area is 134 Å². The minimum atomic E-state index is -0.0291. The number of carbonyl (C=O) groups excluding carboxylic acids is 1. The molecule has 0 saturated carbocycles. The molecule has 0 aliphatic heterocycles. The van der Waals surface area contributed by atoms with Crippen LogP contribution in [0.2, 0.25) is 0 Å². The smallest absolute Gasteiger partial charge is 0.222 e. The molecule has 124 valence electrons. The minimum Gasteiger partial charge on any atom is -0.494 e. The van der Waals surface area contributed by atoms with Gasteiger partial charge in [-0.05, 0) is 49.4 Å². The molecule has 0 atom stereocenters. The molecule has 22 heavy (non-hydrogen) atoms. The molecule has 0 aliphatic carbocycles. The van der Waals surface area contributed by atoms with Gasteiger partial charge in [0.25, 0.3) is 0 Å². The van der Waals surface area contributed by atoms with E-state index in [0.29, 0.717) is 26.1 Å². The number of hydrogen-bond donors (Lipinski definition) is 1. The van der Waals surface area contributed by atoms with Crippen LogP contribution in [0.25, 0.3) is 0 Å². The zero-order valence-corrected chi connectivity index (χ0v) is 14.4. The number of benzene rings is 1. The molecule has 0 bridgehead atoms. The monoisotopic (exact) mass is 306 g/mol. The topological polar surface area (TPSA) is 55.6 Å². The molecule has 1 amide bonds. The zero-order chi connectivity index (χ0) is 16.6. The first-order chi connectivity index (χ1) is 10.3. The summed E-state index contributed by atoms with van der Waals surface area (Å²) in [5, 5.41) is 0. The third-order valence-corrected chi connectivity index (χ3v) is 3.69. The molecule has 2 N–H and O–H groups in total. The summed E-state index contributed by atoms with van der Waals surface area (Å²) in [6.45, 7) is 8.12. The molecule has 1 aromatic rings. The van der Waals surface area contributed by atoms with E-state index >= 15 is 0 Å². The molecule has 1 rings (SSSR count). The van der Waals surface area contributed by atoms with Crippen molar-refractivity contribution in [2.45, 2.75) is 40.0 Å². The maximum Gasteiger partial charge on any atom is 0.222 e. The maximum atomic E-state index is 12.1. The third-order valence-electron chi connectivity index (χ3n) is 3.69. The predicted octanol–water partition coefficient (Wildman–Crippen LogP) is 2.99. The van der Waals surface area contributed by atoms with Crippen LogP contribution in [0.5, 0.6) is 5.75 Å². The SMILES string of the molecule is Cc1cccc(OCCCCC(=O)N(C)CC(C)(C)CN)c1. The van der Waals surface area contributed by atoms with Crippen LogP contribution in [0.3, 0.4) is 0 Å². The van der Waals surface area contributed by atoms with Gasteiger partial charge in [0.15, 0.2) is 0 Å². The first-order valence-electron chi connectivity index (χ1n) is 7.97. The molecule has 1 aromatic carbocycles. The molecular weight excluding hydrogens is 276 g/mol. The van der Waals surface area contributed by atoms with Crippen LogP contribution in [0.1, 0.15) is 38.7 Å². The second-order valence-electron chi connectivity index (χ2n) is 6.74. The van der Waals surface area contributed by atoms with Gasteiger partial charge in [-0.1, -0.05) is 26.0 Å². The van der Waals surface area contributed by atoms with Crippen molar-refractivity contribution in [3.8, 4) is 5.75 Å². The average Bonchev–Trinajstić information content (AvgIpc) is 2.46. The number of carbonyl (C=O) groups is 1. The lowest BCUT2D eigenvalue weighted by Gasteiger charge is -2.29. The summed E-state index contributed by atoms with van der Waals surface area (Å²) in [5.41, 5.74) is 6.87. The van der Waals surface area contributed by atoms with Gasteiger partial charge in [0, 0.05) is 20.0 Å². The number of nitrogens with zero attached hydrogens (tertiary/aromatic N) is 1. The van der Waals surface area contributed by atoms with Crippen molar-refractivity contribution in [3.05, 3.63) is 29.8 Å². The maximum absolute atomic E-state index is 12.1. The summed E-state index contributed by atoms with van der Waals surface area (Å²) in [7, 11) is 1.85. The lowest BCUT2D eigenvalue weighted by atomic mass is 9.93. The standard InChI is InChI=1S/C18H30N2O2/c1-15-8-7-9-16(12-15)22-11-6-5-10-17(21)20(4)14-18(2,3)13-19/h7-9,12H,5-6,10-11,13-14,19H2,1-4H3. The summed E-state index contributed by atoms with van der Waals surface area (Å²) < 4.78 is 5.69. The van der Waals surface area contributed by atoms with Gasteiger partial charge in [-0.25, -0.2) is 0 Å². The highest BCUT2D eigenvalue weighted by atomic mass is 16.5. The van der Waals surface area contributed by atoms with Crippen molar-refractivity contribution in [3.63, 3.8) is 0 Å². The molecule has 0 fully saturated rings. The number of amides is 1. The lowest BCUT2D eigenvalue weighted by molar-refractivity contribution is -0.131. The fourth-order valence-corrected chi connectivity index (χ4v) is 2.26. The predicted molar refractivity (Wildman–Crippen MR) is 91.0 cm³/mol. The molecular formula is C18H30N2O2. The summed E-state index contributed by atoms with van der Waals surface area (Å²) in [6, 6.07) is 8.02. The van der Waals surface area contributed by atoms with Crippen LogP contribution >= 0.6 is 0 Å². The van der Waals surface area contributed by atoms with Crippen LogP contribution in [0, 0.1) is 12.3 Å². The van der Waals surface area contributed by atoms with Gasteiger partial charge in [-0.2, -0.15) is 0 Å². The Morgan fingerprint density at radius 1 is 1.32 bits per heavy atom. The Morgan fingerprint density at radius 2 is 2.05 bits per heavy atom. The Morgan fingerprint density at radius 3 is 2.68 bits per heavy atom. The van der Waals surface area contributed by atoms with Crippen LogP contribution in [-0.2, 0) is 4.79 Å². The van der Waals surface area contributed by atoms with Gasteiger partial charge in [-0.15, -0.1) is 0 Å². The number of ether oxygens (including phenoxy) is 1. The first kappa shape index (κ1) is 18.5. The fraction of sp³-hybridized carbons (Fsp3) is 0.611. The van der Waals surface area contributed by atoms with Crippen molar-refractivity contribution in [1.82, 2.24) is 4.90 Å². The van der Waals surface area contributed by atoms with E-state index in [1.807, 2.05) is 38.2 Å². The number of hydrogen-bond acceptors (Lipinski definition) is 3. The van der Waals surface area contributed by atoms with Crippen LogP contribution < -0.4 is 10.5 Å². The van der Waals surface area contributed by atoms with Crippen molar-refractivity contribution >= 4 is 5.91 Å². The van der Waals surface area contributed by atoms with Gasteiger partial charge in [0.1, 0.15) is 5.75 Å². The van der Waals surface area contributed by atoms with E-state index in [1.165, 1.54) is 5.56 Å². The average molecular weight is 306 g/mol. The van der Waals surface area contributed by atoms with Crippen LogP contribution in [0.4, 0.5) is 0 Å². The second kappa shape index (κ2) is 8.79. The summed E-state index contributed by atoms with van der Waals surface area (Å²) in [4.78, 5) is 13.8. The minimum absolute atomic E-state index is 0.0291. The highest BCUT2D eigenvalue weighted by Crippen LogP contribution is 2.15. The quantitative estimate of drug-likeness (QED) is 0.714. The molecule has 4 heteroatoms. The van der Waals surface area contributed by atoms with Gasteiger partial charge in [0.2, 0.25) is 5.91 Å². The van der Waals surface area contributed by atoms with Crippen LogP contribution in [0.15, 0.2) is 24.3 Å². The Bertz CT molecular complexity index is 472. The summed E-state index contributed by atoms with van der Waals surface area (Å²) in [5.74, 6) is 1.07. The molecule has 0 aromatic heterocycles. The van der Waals surface area contributed by atoms with E-state index in [4.69, 9.17) is 10.5 Å². The Hall–Kier alpha value is -1.55. The number of nitrogens with two attached hydrogens (primary N) is 1. The van der Waals surface area contributed by atoms with E-state index in [2.05, 4.69) is 13.8 Å². The molecule has 0 unspecified atom stereocenters. The van der Waals surface area contributed by atoms with E-state index < -0.39 is 0 Å². The van der Waals surface area contributed by atoms with E-state index in [0.717, 1.165) is 18.6 Å². The third kappa shape index (κ3) is 6.94. The molecule has 0 spiro atoms. The fourth-order valence-electron chi connectivity index (χ4n) is 2.26. The zero-order valence-electron chi connectivity index (χ0n) is 14.4. The van der Waals surface area contributed by atoms with Gasteiger partial charge in [0.05, 0.1) is 6.61 Å². The largest absolute Gasteiger partial charge is 0.494 e. The normalized spacial score (nSPS) is 11.3. The van der Waals surface area contributed by atoms with Crippen LogP contribution in [-0.4, -0.2) is 37.6 Å². The van der Waals surface area contributed by atoms with Gasteiger partial charge >= 0.3 is 0 Å². The molecule has 0 saturated heterocycles. The van der Waals surface area contributed by atoms with E-state index in [-0.39, 0.29) is 11.3 Å². The molecule has 4 nitrogen and oxygen atoms in total. The van der Waals surface area contributed by atoms with Crippen molar-refractivity contribution in [1.29, 1.82) is 0 Å². The number of unbranched alkanes of at least 4 members (excludes halogenated alkanes) is 1. The van der Waals surface area contributed by atoms with Gasteiger partial charge in [-0.3, -0.25) is 4.79 Å². The number of aryl methyl sites for hydroxylation is 1. The molecule has 0 aliphatic rings.